The van der Waals surface area contributed by atoms with Crippen molar-refractivity contribution in [2.24, 2.45) is 17.1 Å². The molecule has 9 nitrogen and oxygen atoms in total. The second kappa shape index (κ2) is 9.39. The third kappa shape index (κ3) is 4.14. The minimum atomic E-state index is -1.13. The molecule has 0 radical (unpaired) electrons. The quantitative estimate of drug-likeness (QED) is 0.257. The third-order valence-corrected chi connectivity index (χ3v) is 12.1. The van der Waals surface area contributed by atoms with Gasteiger partial charge in [-0.25, -0.2) is 18.7 Å². The van der Waals surface area contributed by atoms with E-state index in [1.165, 1.54) is 6.07 Å². The molecule has 4 aromatic rings. The van der Waals surface area contributed by atoms with Crippen LogP contribution in [0.3, 0.4) is 0 Å². The lowest BCUT2D eigenvalue weighted by Gasteiger charge is -2.64. The van der Waals surface area contributed by atoms with Crippen molar-refractivity contribution >= 4 is 33.9 Å². The summed E-state index contributed by atoms with van der Waals surface area (Å²) in [6.45, 7) is 2.70. The summed E-state index contributed by atoms with van der Waals surface area (Å²) in [5, 5.41) is 4.05. The van der Waals surface area contributed by atoms with Crippen molar-refractivity contribution in [3.63, 3.8) is 0 Å². The fourth-order valence-corrected chi connectivity index (χ4v) is 9.32. The number of carbonyl (C=O) groups is 2. The monoisotopic (exact) mass is 639 g/mol. The minimum Gasteiger partial charge on any atom is -0.348 e. The van der Waals surface area contributed by atoms with Gasteiger partial charge in [0.05, 0.1) is 28.4 Å². The van der Waals surface area contributed by atoms with Crippen molar-refractivity contribution in [2.75, 3.05) is 0 Å². The van der Waals surface area contributed by atoms with Gasteiger partial charge in [-0.3, -0.25) is 9.59 Å². The van der Waals surface area contributed by atoms with E-state index in [9.17, 15) is 14.0 Å². The fourth-order valence-electron chi connectivity index (χ4n) is 9.32. The first kappa shape index (κ1) is 28.2. The Labute approximate surface area is 270 Å². The Bertz CT molecular complexity index is 2010. The smallest absolute Gasteiger partial charge is 0.254 e. The van der Waals surface area contributed by atoms with Gasteiger partial charge in [-0.05, 0) is 107 Å². The zero-order chi connectivity index (χ0) is 32.0. The number of nitrogens with two attached hydrogens (primary N) is 1. The molecular formula is C36H39F2N7O2. The van der Waals surface area contributed by atoms with E-state index < -0.39 is 16.9 Å². The number of fused-ring (bicyclic) bond motifs is 4. The molecule has 0 unspecified atom stereocenters. The number of rotatable bonds is 8. The van der Waals surface area contributed by atoms with Crippen molar-refractivity contribution in [1.29, 1.82) is 0 Å². The van der Waals surface area contributed by atoms with Crippen molar-refractivity contribution in [2.45, 2.75) is 114 Å². The molecule has 3 aromatic heterocycles. The van der Waals surface area contributed by atoms with Crippen LogP contribution in [0.2, 0.25) is 0 Å². The lowest BCUT2D eigenvalue weighted by molar-refractivity contribution is -0.214. The Hall–Kier alpha value is -3.86. The normalized spacial score (nSPS) is 31.3. The Kier molecular flexibility index (Phi) is 5.63. The summed E-state index contributed by atoms with van der Waals surface area (Å²) >= 11 is 0. The number of aromatic nitrogens is 4. The van der Waals surface area contributed by atoms with Crippen molar-refractivity contribution < 1.29 is 18.4 Å². The molecule has 244 valence electrons. The van der Waals surface area contributed by atoms with Gasteiger partial charge < -0.3 is 25.1 Å². The van der Waals surface area contributed by atoms with Gasteiger partial charge in [-0.2, -0.15) is 0 Å². The standard InChI is InChI=1S/C36H39F2N7O2/c1-18(40-34(47)35-15-36(38,16-35)17-35)26-8-4-20-12-29(43(31(20)41-26)14-19-2-3-19)32-42-27-11-21(10-24(37)30(27)45(32)22-5-6-22)33(46)44-23-7-9-28(44)25(39)13-23/h4,8,10-12,18-19,22-23,25,28H,2-3,5-7,9,13-17,39H2,1H3,(H,40,47)/t18-,23+,25-,28-,35?,36?/m1/s1. The average molecular weight is 640 g/mol. The van der Waals surface area contributed by atoms with E-state index >= 15 is 4.39 Å². The molecule has 5 aliphatic carbocycles. The lowest BCUT2D eigenvalue weighted by atomic mass is 9.42. The number of carbonyl (C=O) groups excluding carboxylic acids is 2. The molecular weight excluding hydrogens is 600 g/mol. The van der Waals surface area contributed by atoms with Crippen molar-refractivity contribution in [1.82, 2.24) is 29.3 Å². The molecule has 5 heterocycles. The number of benzene rings is 1. The first-order chi connectivity index (χ1) is 22.6. The van der Waals surface area contributed by atoms with Crippen LogP contribution in [-0.4, -0.2) is 59.6 Å². The molecule has 7 aliphatic rings. The van der Waals surface area contributed by atoms with Crippen LogP contribution in [0.5, 0.6) is 0 Å². The molecule has 11 heteroatoms. The average Bonchev–Trinajstić information content (AvgIpc) is 3.89. The maximum absolute atomic E-state index is 16.1. The van der Waals surface area contributed by atoms with Crippen LogP contribution < -0.4 is 11.1 Å². The number of nitrogens with zero attached hydrogens (tertiary/aromatic N) is 5. The van der Waals surface area contributed by atoms with Gasteiger partial charge in [0.25, 0.3) is 5.91 Å². The number of hydrogen-bond acceptors (Lipinski definition) is 5. The Morgan fingerprint density at radius 3 is 2.47 bits per heavy atom. The minimum absolute atomic E-state index is 0.0168. The molecule has 2 saturated heterocycles. The van der Waals surface area contributed by atoms with Crippen LogP contribution in [0.15, 0.2) is 30.3 Å². The maximum Gasteiger partial charge on any atom is 0.254 e. The van der Waals surface area contributed by atoms with E-state index in [0.717, 1.165) is 73.9 Å². The number of pyridine rings is 1. The molecule has 2 aliphatic heterocycles. The zero-order valence-corrected chi connectivity index (χ0v) is 26.5. The van der Waals surface area contributed by atoms with Gasteiger partial charge in [-0.1, -0.05) is 0 Å². The van der Waals surface area contributed by atoms with Gasteiger partial charge in [0, 0.05) is 41.7 Å². The summed E-state index contributed by atoms with van der Waals surface area (Å²) in [6.07, 6.45) is 7.79. The fraction of sp³-hybridized carbons (Fsp3) is 0.556. The SMILES string of the molecule is C[C@@H](NC(=O)C12CC(F)(C1)C2)c1ccc2cc(-c3nc4cc(C(=O)N5[C@H]6CC[C@@H]5[C@H](N)C6)cc(F)c4n3C3CC3)n(CC3CC3)c2n1. The first-order valence-corrected chi connectivity index (χ1v) is 17.4. The van der Waals surface area contributed by atoms with Crippen LogP contribution in [0.4, 0.5) is 8.78 Å². The second-order valence-electron chi connectivity index (χ2n) is 15.7. The second-order valence-corrected chi connectivity index (χ2v) is 15.7. The summed E-state index contributed by atoms with van der Waals surface area (Å²) in [6, 6.07) is 9.15. The van der Waals surface area contributed by atoms with E-state index in [1.54, 1.807) is 6.07 Å². The summed E-state index contributed by atoms with van der Waals surface area (Å²) in [5.74, 6) is 0.557. The zero-order valence-electron chi connectivity index (χ0n) is 26.5. The van der Waals surface area contributed by atoms with E-state index in [-0.39, 0.29) is 42.0 Å². The highest BCUT2D eigenvalue weighted by atomic mass is 19.1. The summed E-state index contributed by atoms with van der Waals surface area (Å²) < 4.78 is 34.5. The summed E-state index contributed by atoms with van der Waals surface area (Å²) in [7, 11) is 0. The molecule has 0 spiro atoms. The van der Waals surface area contributed by atoms with Crippen molar-refractivity contribution in [3.8, 4) is 11.5 Å². The van der Waals surface area contributed by atoms with Gasteiger partial charge in [0.15, 0.2) is 5.82 Å². The topological polar surface area (TPSA) is 111 Å². The van der Waals surface area contributed by atoms with Crippen LogP contribution in [0.25, 0.3) is 33.6 Å². The molecule has 4 atom stereocenters. The Morgan fingerprint density at radius 1 is 1.04 bits per heavy atom. The van der Waals surface area contributed by atoms with Crippen molar-refractivity contribution in [3.05, 3.63) is 47.4 Å². The van der Waals surface area contributed by atoms with Crippen LogP contribution >= 0.6 is 0 Å². The van der Waals surface area contributed by atoms with E-state index in [0.29, 0.717) is 47.6 Å². The molecule has 7 fully saturated rings. The van der Waals surface area contributed by atoms with E-state index in [2.05, 4.69) is 16.0 Å². The third-order valence-electron chi connectivity index (χ3n) is 12.1. The highest BCUT2D eigenvalue weighted by Gasteiger charge is 2.72. The number of imidazole rings is 1. The van der Waals surface area contributed by atoms with Crippen LogP contribution in [0, 0.1) is 17.2 Å². The van der Waals surface area contributed by atoms with Gasteiger partial charge in [0.2, 0.25) is 5.91 Å². The number of hydrogen-bond donors (Lipinski definition) is 2. The summed E-state index contributed by atoms with van der Waals surface area (Å²) in [4.78, 5) is 38.8. The molecule has 2 amide bonds. The van der Waals surface area contributed by atoms with Crippen LogP contribution in [0.1, 0.15) is 99.3 Å². The number of alkyl halides is 1. The highest BCUT2D eigenvalue weighted by molar-refractivity contribution is 5.99. The molecule has 4 bridgehead atoms. The maximum atomic E-state index is 16.1. The molecule has 3 N–H and O–H groups in total. The number of nitrogens with one attached hydrogen (secondary N) is 1. The largest absolute Gasteiger partial charge is 0.348 e. The van der Waals surface area contributed by atoms with Gasteiger partial charge >= 0.3 is 0 Å². The molecule has 47 heavy (non-hydrogen) atoms. The molecule has 5 saturated carbocycles. The van der Waals surface area contributed by atoms with Gasteiger partial charge in [0.1, 0.15) is 22.6 Å². The van der Waals surface area contributed by atoms with Gasteiger partial charge in [-0.15, -0.1) is 0 Å². The van der Waals surface area contributed by atoms with E-state index in [1.807, 2.05) is 28.5 Å². The van der Waals surface area contributed by atoms with Crippen LogP contribution in [-0.2, 0) is 11.3 Å². The highest BCUT2D eigenvalue weighted by Crippen LogP contribution is 2.69. The molecule has 11 rings (SSSR count). The predicted octanol–water partition coefficient (Wildman–Crippen LogP) is 5.71. The Morgan fingerprint density at radius 2 is 1.81 bits per heavy atom. The molecule has 1 aromatic carbocycles. The number of halogens is 2. The predicted molar refractivity (Wildman–Crippen MR) is 172 cm³/mol. The van der Waals surface area contributed by atoms with E-state index in [4.69, 9.17) is 15.7 Å². The lowest BCUT2D eigenvalue weighted by Crippen LogP contribution is -2.70. The first-order valence-electron chi connectivity index (χ1n) is 17.4. The Balaban J connectivity index is 1.04. The number of amides is 2. The summed E-state index contributed by atoms with van der Waals surface area (Å²) in [5.41, 5.74) is 8.34.